The molecule has 1 rings (SSSR count). The van der Waals surface area contributed by atoms with Crippen LogP contribution in [0.4, 0.5) is 0 Å². The third kappa shape index (κ3) is 3.72. The number of carbonyl (C=O) groups is 1. The lowest BCUT2D eigenvalue weighted by atomic mass is 10.0. The quantitative estimate of drug-likeness (QED) is 0.749. The summed E-state index contributed by atoms with van der Waals surface area (Å²) in [6.07, 6.45) is 0.987. The molecule has 0 amide bonds. The molecule has 0 radical (unpaired) electrons. The van der Waals surface area contributed by atoms with E-state index in [4.69, 9.17) is 9.84 Å². The number of aliphatic hydroxyl groups excluding tert-OH is 1. The maximum atomic E-state index is 11.1. The van der Waals surface area contributed by atoms with E-state index in [1.807, 2.05) is 24.3 Å². The Labute approximate surface area is 89.7 Å². The van der Waals surface area contributed by atoms with Crippen molar-refractivity contribution in [1.29, 1.82) is 0 Å². The molecule has 0 aliphatic heterocycles. The van der Waals surface area contributed by atoms with Crippen molar-refractivity contribution in [1.82, 2.24) is 0 Å². The van der Waals surface area contributed by atoms with Crippen molar-refractivity contribution >= 4 is 5.97 Å². The molecule has 0 fully saturated rings. The van der Waals surface area contributed by atoms with Gasteiger partial charge in [-0.15, -0.1) is 0 Å². The second-order valence-electron chi connectivity index (χ2n) is 3.23. The first kappa shape index (κ1) is 11.7. The van der Waals surface area contributed by atoms with Gasteiger partial charge in [0, 0.05) is 6.42 Å². The van der Waals surface area contributed by atoms with Crippen molar-refractivity contribution in [3.63, 3.8) is 0 Å². The van der Waals surface area contributed by atoms with Crippen LogP contribution in [0.25, 0.3) is 0 Å². The third-order valence-electron chi connectivity index (χ3n) is 2.19. The van der Waals surface area contributed by atoms with Gasteiger partial charge in [-0.25, -0.2) is 0 Å². The predicted molar refractivity (Wildman–Crippen MR) is 57.3 cm³/mol. The van der Waals surface area contributed by atoms with E-state index < -0.39 is 0 Å². The van der Waals surface area contributed by atoms with Gasteiger partial charge in [-0.2, -0.15) is 0 Å². The zero-order valence-corrected chi connectivity index (χ0v) is 8.90. The maximum Gasteiger partial charge on any atom is 0.306 e. The molecular weight excluding hydrogens is 192 g/mol. The number of hydrogen-bond donors (Lipinski definition) is 1. The average molecular weight is 208 g/mol. The molecule has 82 valence electrons. The predicted octanol–water partition coefficient (Wildman–Crippen LogP) is 1.67. The molecule has 0 bridgehead atoms. The summed E-state index contributed by atoms with van der Waals surface area (Å²) in [5.41, 5.74) is 1.88. The summed E-state index contributed by atoms with van der Waals surface area (Å²) in [5.74, 6) is -0.190. The smallest absolute Gasteiger partial charge is 0.306 e. The zero-order valence-electron chi connectivity index (χ0n) is 8.90. The highest BCUT2D eigenvalue weighted by Crippen LogP contribution is 2.11. The first-order valence-electron chi connectivity index (χ1n) is 5.11. The monoisotopic (exact) mass is 208 g/mol. The molecule has 1 aromatic carbocycles. The normalized spacial score (nSPS) is 10.0. The molecule has 0 spiro atoms. The topological polar surface area (TPSA) is 46.5 Å². The van der Waals surface area contributed by atoms with Crippen LogP contribution in [0.2, 0.25) is 0 Å². The molecule has 1 aromatic rings. The van der Waals surface area contributed by atoms with E-state index in [-0.39, 0.29) is 12.6 Å². The largest absolute Gasteiger partial charge is 0.466 e. The first-order chi connectivity index (χ1) is 7.27. The number of rotatable bonds is 5. The molecule has 0 saturated carbocycles. The van der Waals surface area contributed by atoms with Gasteiger partial charge in [0.1, 0.15) is 0 Å². The molecule has 0 aromatic heterocycles. The molecular formula is C12H16O3. The molecule has 0 atom stereocenters. The number of aliphatic hydroxyl groups is 1. The summed E-state index contributed by atoms with van der Waals surface area (Å²) in [6.45, 7) is 2.22. The van der Waals surface area contributed by atoms with Crippen LogP contribution in [0.5, 0.6) is 0 Å². The molecule has 0 saturated heterocycles. The van der Waals surface area contributed by atoms with Crippen molar-refractivity contribution in [3.8, 4) is 0 Å². The zero-order chi connectivity index (χ0) is 11.1. The summed E-state index contributed by atoms with van der Waals surface area (Å²) in [6, 6.07) is 7.56. The third-order valence-corrected chi connectivity index (χ3v) is 2.19. The number of benzene rings is 1. The van der Waals surface area contributed by atoms with Gasteiger partial charge in [0.15, 0.2) is 0 Å². The highest BCUT2D eigenvalue weighted by molar-refractivity contribution is 5.69. The fraction of sp³-hybridized carbons (Fsp3) is 0.417. The van der Waals surface area contributed by atoms with Crippen molar-refractivity contribution in [2.75, 3.05) is 6.61 Å². The number of ether oxygens (including phenoxy) is 1. The Balaban J connectivity index is 2.53. The van der Waals surface area contributed by atoms with Crippen molar-refractivity contribution in [2.45, 2.75) is 26.4 Å². The Morgan fingerprint density at radius 3 is 2.60 bits per heavy atom. The lowest BCUT2D eigenvalue weighted by Crippen LogP contribution is -2.06. The molecule has 3 heteroatoms. The fourth-order valence-electron chi connectivity index (χ4n) is 1.43. The Morgan fingerprint density at radius 2 is 2.00 bits per heavy atom. The molecule has 0 aliphatic carbocycles. The van der Waals surface area contributed by atoms with Crippen molar-refractivity contribution in [2.24, 2.45) is 0 Å². The molecule has 1 N–H and O–H groups in total. The minimum Gasteiger partial charge on any atom is -0.466 e. The van der Waals surface area contributed by atoms with Gasteiger partial charge in [-0.3, -0.25) is 4.79 Å². The molecule has 0 unspecified atom stereocenters. The molecule has 0 heterocycles. The molecule has 0 aliphatic rings. The minimum absolute atomic E-state index is 0.0129. The van der Waals surface area contributed by atoms with E-state index in [9.17, 15) is 4.79 Å². The van der Waals surface area contributed by atoms with Crippen LogP contribution in [-0.2, 0) is 22.6 Å². The Morgan fingerprint density at radius 1 is 1.33 bits per heavy atom. The standard InChI is InChI=1S/C12H16O3/c1-2-15-12(14)8-7-10-5-3-4-6-11(10)9-13/h3-6,13H,2,7-9H2,1H3. The van der Waals surface area contributed by atoms with Crippen LogP contribution in [0, 0.1) is 0 Å². The summed E-state index contributed by atoms with van der Waals surface area (Å²) < 4.78 is 4.84. The van der Waals surface area contributed by atoms with Crippen LogP contribution >= 0.6 is 0 Å². The van der Waals surface area contributed by atoms with Crippen LogP contribution in [0.15, 0.2) is 24.3 Å². The summed E-state index contributed by atoms with van der Waals surface area (Å²) >= 11 is 0. The average Bonchev–Trinajstić information content (AvgIpc) is 2.27. The number of carbonyl (C=O) groups excluding carboxylic acids is 1. The summed E-state index contributed by atoms with van der Waals surface area (Å²) in [5, 5.41) is 9.07. The second-order valence-corrected chi connectivity index (χ2v) is 3.23. The fourth-order valence-corrected chi connectivity index (χ4v) is 1.43. The van der Waals surface area contributed by atoms with Gasteiger partial charge in [0.25, 0.3) is 0 Å². The van der Waals surface area contributed by atoms with Gasteiger partial charge >= 0.3 is 5.97 Å². The lowest BCUT2D eigenvalue weighted by molar-refractivity contribution is -0.143. The lowest BCUT2D eigenvalue weighted by Gasteiger charge is -2.06. The molecule has 3 nitrogen and oxygen atoms in total. The van der Waals surface area contributed by atoms with Gasteiger partial charge in [0.2, 0.25) is 0 Å². The minimum atomic E-state index is -0.190. The van der Waals surface area contributed by atoms with Crippen LogP contribution in [-0.4, -0.2) is 17.7 Å². The first-order valence-corrected chi connectivity index (χ1v) is 5.11. The highest BCUT2D eigenvalue weighted by atomic mass is 16.5. The summed E-state index contributed by atoms with van der Waals surface area (Å²) in [7, 11) is 0. The number of esters is 1. The highest BCUT2D eigenvalue weighted by Gasteiger charge is 2.05. The van der Waals surface area contributed by atoms with Crippen LogP contribution in [0.1, 0.15) is 24.5 Å². The maximum absolute atomic E-state index is 11.1. The van der Waals surface area contributed by atoms with Crippen molar-refractivity contribution < 1.29 is 14.6 Å². The molecule has 15 heavy (non-hydrogen) atoms. The summed E-state index contributed by atoms with van der Waals surface area (Å²) in [4.78, 5) is 11.1. The Hall–Kier alpha value is -1.35. The van der Waals surface area contributed by atoms with E-state index in [0.29, 0.717) is 19.4 Å². The van der Waals surface area contributed by atoms with E-state index in [1.165, 1.54) is 0 Å². The van der Waals surface area contributed by atoms with Crippen LogP contribution in [0.3, 0.4) is 0 Å². The van der Waals surface area contributed by atoms with E-state index in [0.717, 1.165) is 11.1 Å². The van der Waals surface area contributed by atoms with Crippen molar-refractivity contribution in [3.05, 3.63) is 35.4 Å². The SMILES string of the molecule is CCOC(=O)CCc1ccccc1CO. The Kier molecular flexibility index (Phi) is 4.84. The van der Waals surface area contributed by atoms with Crippen LogP contribution < -0.4 is 0 Å². The van der Waals surface area contributed by atoms with Gasteiger partial charge < -0.3 is 9.84 Å². The van der Waals surface area contributed by atoms with Gasteiger partial charge in [0.05, 0.1) is 13.2 Å². The van der Waals surface area contributed by atoms with E-state index in [1.54, 1.807) is 6.92 Å². The Bertz CT molecular complexity index is 320. The second kappa shape index (κ2) is 6.19. The number of aryl methyl sites for hydroxylation is 1. The van der Waals surface area contributed by atoms with Gasteiger partial charge in [-0.05, 0) is 24.5 Å². The van der Waals surface area contributed by atoms with E-state index in [2.05, 4.69) is 0 Å². The van der Waals surface area contributed by atoms with Gasteiger partial charge in [-0.1, -0.05) is 24.3 Å². The number of hydrogen-bond acceptors (Lipinski definition) is 3. The van der Waals surface area contributed by atoms with E-state index >= 15 is 0 Å².